The van der Waals surface area contributed by atoms with Gasteiger partial charge < -0.3 is 0 Å². The lowest BCUT2D eigenvalue weighted by molar-refractivity contribution is 0.532. The monoisotopic (exact) mass is 157 g/mol. The molecule has 0 aliphatic rings. The smallest absolute Gasteiger partial charge is 0.0934 e. The van der Waals surface area contributed by atoms with Gasteiger partial charge in [-0.25, -0.2) is 0 Å². The normalized spacial score (nSPS) is 10.9. The summed E-state index contributed by atoms with van der Waals surface area (Å²) in [6.45, 7) is -0.221. The molecule has 1 atom stereocenters. The molecule has 0 fully saturated rings. The van der Waals surface area contributed by atoms with Gasteiger partial charge in [0.1, 0.15) is 0 Å². The Morgan fingerprint density at radius 1 is 1.40 bits per heavy atom. The summed E-state index contributed by atoms with van der Waals surface area (Å²) < 4.78 is 11.7. The third-order valence-corrected chi connectivity index (χ3v) is 2.28. The van der Waals surface area contributed by atoms with Gasteiger partial charge in [-0.05, 0) is 23.6 Å². The fourth-order valence-electron chi connectivity index (χ4n) is 0.661. The maximum atomic E-state index is 11.7. The van der Waals surface area contributed by atoms with Crippen LogP contribution in [0.15, 0.2) is 24.5 Å². The minimum atomic E-state index is -0.221. The molecule has 3 heteroatoms. The molecule has 0 spiro atoms. The van der Waals surface area contributed by atoms with E-state index in [0.717, 1.165) is 0 Å². The van der Waals surface area contributed by atoms with Crippen LogP contribution in [-0.2, 0) is 0 Å². The molecule has 10 heavy (non-hydrogen) atoms. The summed E-state index contributed by atoms with van der Waals surface area (Å²) in [7, 11) is 0.589. The first-order chi connectivity index (χ1) is 4.93. The van der Waals surface area contributed by atoms with Crippen LogP contribution in [0.25, 0.3) is 0 Å². The molecule has 1 aromatic rings. The molecule has 0 saturated heterocycles. The van der Waals surface area contributed by atoms with Crippen LogP contribution >= 0.6 is 8.58 Å². The lowest BCUT2D eigenvalue weighted by atomic mass is 10.5. The third-order valence-electron chi connectivity index (χ3n) is 1.10. The molecule has 1 nitrogen and oxygen atoms in total. The summed E-state index contributed by atoms with van der Waals surface area (Å²) >= 11 is 0. The highest BCUT2D eigenvalue weighted by Gasteiger charge is 1.88. The zero-order valence-corrected chi connectivity index (χ0v) is 6.55. The SMILES string of the molecule is FCCPc1ccncc1. The fourth-order valence-corrected chi connectivity index (χ4v) is 1.43. The lowest BCUT2D eigenvalue weighted by Crippen LogP contribution is -1.94. The summed E-state index contributed by atoms with van der Waals surface area (Å²) in [6, 6.07) is 3.85. The molecule has 1 rings (SSSR count). The second-order valence-electron chi connectivity index (χ2n) is 1.85. The van der Waals surface area contributed by atoms with E-state index in [0.29, 0.717) is 14.7 Å². The van der Waals surface area contributed by atoms with Gasteiger partial charge in [0, 0.05) is 12.4 Å². The van der Waals surface area contributed by atoms with Crippen molar-refractivity contribution >= 4 is 13.9 Å². The Bertz CT molecular complexity index is 178. The van der Waals surface area contributed by atoms with E-state index < -0.39 is 0 Å². The molecule has 1 heterocycles. The first kappa shape index (κ1) is 7.62. The zero-order chi connectivity index (χ0) is 7.23. The average molecular weight is 157 g/mol. The largest absolute Gasteiger partial charge is 0.265 e. The van der Waals surface area contributed by atoms with Crippen LogP contribution in [0.4, 0.5) is 4.39 Å². The Morgan fingerprint density at radius 3 is 2.70 bits per heavy atom. The number of nitrogens with zero attached hydrogens (tertiary/aromatic N) is 1. The van der Waals surface area contributed by atoms with Crippen LogP contribution in [0.1, 0.15) is 0 Å². The molecule has 54 valence electrons. The molecule has 0 bridgehead atoms. The highest BCUT2D eigenvalue weighted by Crippen LogP contribution is 2.07. The van der Waals surface area contributed by atoms with Crippen molar-refractivity contribution < 1.29 is 4.39 Å². The number of rotatable bonds is 3. The second kappa shape index (κ2) is 4.35. The quantitative estimate of drug-likeness (QED) is 0.603. The number of alkyl halides is 1. The van der Waals surface area contributed by atoms with Gasteiger partial charge in [0.2, 0.25) is 0 Å². The summed E-state index contributed by atoms with van der Waals surface area (Å²) in [4.78, 5) is 3.86. The average Bonchev–Trinajstić information content (AvgIpc) is 2.03. The van der Waals surface area contributed by atoms with Crippen LogP contribution in [0.3, 0.4) is 0 Å². The molecule has 0 N–H and O–H groups in total. The van der Waals surface area contributed by atoms with Crippen LogP contribution < -0.4 is 5.30 Å². The van der Waals surface area contributed by atoms with Crippen molar-refractivity contribution in [3.8, 4) is 0 Å². The minimum absolute atomic E-state index is 0.221. The predicted molar refractivity (Wildman–Crippen MR) is 43.0 cm³/mol. The van der Waals surface area contributed by atoms with Crippen molar-refractivity contribution in [1.82, 2.24) is 4.98 Å². The Hall–Kier alpha value is -0.490. The van der Waals surface area contributed by atoms with E-state index >= 15 is 0 Å². The number of hydrogen-bond donors (Lipinski definition) is 0. The number of hydrogen-bond acceptors (Lipinski definition) is 1. The maximum Gasteiger partial charge on any atom is 0.0934 e. The van der Waals surface area contributed by atoms with Gasteiger partial charge >= 0.3 is 0 Å². The lowest BCUT2D eigenvalue weighted by Gasteiger charge is -1.95. The van der Waals surface area contributed by atoms with E-state index in [2.05, 4.69) is 4.98 Å². The fraction of sp³-hybridized carbons (Fsp3) is 0.286. The highest BCUT2D eigenvalue weighted by atomic mass is 31.1. The van der Waals surface area contributed by atoms with Crippen molar-refractivity contribution in [1.29, 1.82) is 0 Å². The number of pyridine rings is 1. The second-order valence-corrected chi connectivity index (χ2v) is 3.28. The summed E-state index contributed by atoms with van der Waals surface area (Å²) in [6.07, 6.45) is 4.12. The summed E-state index contributed by atoms with van der Waals surface area (Å²) in [5.41, 5.74) is 0. The van der Waals surface area contributed by atoms with Gasteiger partial charge in [-0.15, -0.1) is 0 Å². The van der Waals surface area contributed by atoms with Crippen molar-refractivity contribution in [2.45, 2.75) is 0 Å². The molecule has 1 aromatic heterocycles. The van der Waals surface area contributed by atoms with E-state index in [9.17, 15) is 4.39 Å². The number of halogens is 1. The van der Waals surface area contributed by atoms with Gasteiger partial charge in [0.15, 0.2) is 0 Å². The molecule has 1 unspecified atom stereocenters. The first-order valence-corrected chi connectivity index (χ1v) is 4.34. The molecule has 0 radical (unpaired) electrons. The van der Waals surface area contributed by atoms with Crippen LogP contribution in [0.5, 0.6) is 0 Å². The van der Waals surface area contributed by atoms with E-state index in [4.69, 9.17) is 0 Å². The Morgan fingerprint density at radius 2 is 2.10 bits per heavy atom. The van der Waals surface area contributed by atoms with E-state index in [-0.39, 0.29) is 6.67 Å². The van der Waals surface area contributed by atoms with Gasteiger partial charge in [0.25, 0.3) is 0 Å². The standard InChI is InChI=1S/C7H9FNP/c8-3-6-10-7-1-4-9-5-2-7/h1-2,4-5,10H,3,6H2. The number of aromatic nitrogens is 1. The molecule has 0 aliphatic heterocycles. The van der Waals surface area contributed by atoms with E-state index in [1.807, 2.05) is 12.1 Å². The summed E-state index contributed by atoms with van der Waals surface area (Å²) in [5.74, 6) is 0. The molecule has 0 amide bonds. The third kappa shape index (κ3) is 2.40. The van der Waals surface area contributed by atoms with E-state index in [1.54, 1.807) is 12.4 Å². The van der Waals surface area contributed by atoms with E-state index in [1.165, 1.54) is 5.30 Å². The van der Waals surface area contributed by atoms with Crippen molar-refractivity contribution in [3.63, 3.8) is 0 Å². The van der Waals surface area contributed by atoms with Crippen molar-refractivity contribution in [2.24, 2.45) is 0 Å². The van der Waals surface area contributed by atoms with Crippen LogP contribution in [0, 0.1) is 0 Å². The van der Waals surface area contributed by atoms with Gasteiger partial charge in [-0.2, -0.15) is 0 Å². The molecule has 0 aliphatic carbocycles. The zero-order valence-electron chi connectivity index (χ0n) is 5.55. The van der Waals surface area contributed by atoms with Gasteiger partial charge in [-0.1, -0.05) is 8.58 Å². The van der Waals surface area contributed by atoms with Crippen molar-refractivity contribution in [3.05, 3.63) is 24.5 Å². The van der Waals surface area contributed by atoms with Crippen LogP contribution in [-0.4, -0.2) is 17.8 Å². The Kier molecular flexibility index (Phi) is 3.31. The highest BCUT2D eigenvalue weighted by molar-refractivity contribution is 7.47. The molecular weight excluding hydrogens is 148 g/mol. The first-order valence-electron chi connectivity index (χ1n) is 3.13. The Labute approximate surface area is 61.5 Å². The molecule has 0 saturated carbocycles. The van der Waals surface area contributed by atoms with Gasteiger partial charge in [-0.3, -0.25) is 9.37 Å². The molecular formula is C7H9FNP. The van der Waals surface area contributed by atoms with Gasteiger partial charge in [0.05, 0.1) is 6.67 Å². The summed E-state index contributed by atoms with van der Waals surface area (Å²) in [5, 5.41) is 1.19. The Balaban J connectivity index is 2.43. The van der Waals surface area contributed by atoms with Crippen molar-refractivity contribution in [2.75, 3.05) is 12.8 Å². The maximum absolute atomic E-state index is 11.7. The predicted octanol–water partition coefficient (Wildman–Crippen LogP) is 1.35. The molecule has 0 aromatic carbocycles. The van der Waals surface area contributed by atoms with Crippen LogP contribution in [0.2, 0.25) is 0 Å². The topological polar surface area (TPSA) is 12.9 Å². The minimum Gasteiger partial charge on any atom is -0.265 e.